The van der Waals surface area contributed by atoms with Crippen molar-refractivity contribution < 1.29 is 9.47 Å². The van der Waals surface area contributed by atoms with Gasteiger partial charge in [-0.1, -0.05) is 72.3 Å². The van der Waals surface area contributed by atoms with E-state index in [1.807, 2.05) is 18.2 Å². The highest BCUT2D eigenvalue weighted by molar-refractivity contribution is 5.32. The highest BCUT2D eigenvalue weighted by Crippen LogP contribution is 2.26. The molecule has 0 aliphatic heterocycles. The third kappa shape index (κ3) is 6.45. The van der Waals surface area contributed by atoms with Gasteiger partial charge < -0.3 is 14.4 Å². The maximum atomic E-state index is 6.35. The fourth-order valence-electron chi connectivity index (χ4n) is 3.30. The molecule has 3 aromatic rings. The van der Waals surface area contributed by atoms with E-state index in [0.717, 1.165) is 25.3 Å². The van der Waals surface area contributed by atoms with Crippen LogP contribution in [0.5, 0.6) is 5.75 Å². The van der Waals surface area contributed by atoms with E-state index in [1.54, 1.807) is 7.11 Å². The number of methoxy groups -OCH3 is 1. The van der Waals surface area contributed by atoms with Crippen molar-refractivity contribution in [2.24, 2.45) is 0 Å². The first-order valence-corrected chi connectivity index (χ1v) is 10.2. The minimum absolute atomic E-state index is 0.0354. The summed E-state index contributed by atoms with van der Waals surface area (Å²) in [6.45, 7) is 4.69. The smallest absolute Gasteiger partial charge is 0.118 e. The Balaban J connectivity index is 1.53. The minimum atomic E-state index is -0.0354. The number of likely N-dealkylation sites (N-methyl/N-ethyl adjacent to an activating group) is 1. The lowest BCUT2D eigenvalue weighted by Crippen LogP contribution is -2.26. The van der Waals surface area contributed by atoms with Crippen LogP contribution in [-0.4, -0.2) is 38.8 Å². The Morgan fingerprint density at radius 3 is 2.10 bits per heavy atom. The van der Waals surface area contributed by atoms with Crippen LogP contribution in [0.25, 0.3) is 0 Å². The van der Waals surface area contributed by atoms with E-state index in [9.17, 15) is 0 Å². The summed E-state index contributed by atoms with van der Waals surface area (Å²) in [5.41, 5.74) is 4.97. The molecule has 0 aliphatic carbocycles. The molecule has 0 bridgehead atoms. The van der Waals surface area contributed by atoms with Crippen LogP contribution in [-0.2, 0) is 11.2 Å². The fourth-order valence-corrected chi connectivity index (χ4v) is 3.30. The standard InChI is InChI=1S/C26H31NO2/c1-21-9-13-24(14-10-21)26(23-7-5-4-6-8-23)29-20-19-27(2)18-17-22-11-15-25(28-3)16-12-22/h4-16,26H,17-20H2,1-3H3. The summed E-state index contributed by atoms with van der Waals surface area (Å²) in [5.74, 6) is 0.901. The van der Waals surface area contributed by atoms with Crippen LogP contribution in [0.2, 0.25) is 0 Å². The summed E-state index contributed by atoms with van der Waals surface area (Å²) in [5, 5.41) is 0. The summed E-state index contributed by atoms with van der Waals surface area (Å²) < 4.78 is 11.6. The van der Waals surface area contributed by atoms with Gasteiger partial charge in [0.2, 0.25) is 0 Å². The van der Waals surface area contributed by atoms with Crippen LogP contribution in [0.15, 0.2) is 78.9 Å². The van der Waals surface area contributed by atoms with Crippen molar-refractivity contribution in [3.8, 4) is 5.75 Å². The first-order chi connectivity index (χ1) is 14.2. The molecule has 0 saturated carbocycles. The molecule has 0 radical (unpaired) electrons. The van der Waals surface area contributed by atoms with Crippen LogP contribution < -0.4 is 4.74 Å². The topological polar surface area (TPSA) is 21.7 Å². The second kappa shape index (κ2) is 10.8. The normalized spacial score (nSPS) is 12.1. The molecule has 3 rings (SSSR count). The number of nitrogens with zero attached hydrogens (tertiary/aromatic N) is 1. The Hall–Kier alpha value is -2.62. The molecule has 29 heavy (non-hydrogen) atoms. The lowest BCUT2D eigenvalue weighted by Gasteiger charge is -2.22. The van der Waals surface area contributed by atoms with Crippen LogP contribution in [0.4, 0.5) is 0 Å². The quantitative estimate of drug-likeness (QED) is 0.471. The summed E-state index contributed by atoms with van der Waals surface area (Å²) in [7, 11) is 3.85. The maximum Gasteiger partial charge on any atom is 0.118 e. The Morgan fingerprint density at radius 2 is 1.45 bits per heavy atom. The second-order valence-electron chi connectivity index (χ2n) is 7.47. The number of ether oxygens (including phenoxy) is 2. The molecular weight excluding hydrogens is 358 g/mol. The van der Waals surface area contributed by atoms with Crippen LogP contribution in [0, 0.1) is 6.92 Å². The third-order valence-corrected chi connectivity index (χ3v) is 5.18. The Morgan fingerprint density at radius 1 is 0.793 bits per heavy atom. The van der Waals surface area contributed by atoms with Crippen molar-refractivity contribution in [2.45, 2.75) is 19.4 Å². The van der Waals surface area contributed by atoms with Crippen molar-refractivity contribution in [1.82, 2.24) is 4.90 Å². The van der Waals surface area contributed by atoms with Crippen molar-refractivity contribution in [3.05, 3.63) is 101 Å². The Labute approximate surface area is 174 Å². The monoisotopic (exact) mass is 389 g/mol. The average molecular weight is 390 g/mol. The predicted molar refractivity (Wildman–Crippen MR) is 120 cm³/mol. The lowest BCUT2D eigenvalue weighted by molar-refractivity contribution is 0.0649. The van der Waals surface area contributed by atoms with Gasteiger partial charge in [0.15, 0.2) is 0 Å². The van der Waals surface area contributed by atoms with E-state index < -0.39 is 0 Å². The van der Waals surface area contributed by atoms with Gasteiger partial charge in [-0.2, -0.15) is 0 Å². The molecule has 1 unspecified atom stereocenters. The van der Waals surface area contributed by atoms with Crippen molar-refractivity contribution in [3.63, 3.8) is 0 Å². The molecule has 0 aliphatic rings. The van der Waals surface area contributed by atoms with Gasteiger partial charge in [0.25, 0.3) is 0 Å². The lowest BCUT2D eigenvalue weighted by atomic mass is 10.0. The highest BCUT2D eigenvalue weighted by Gasteiger charge is 2.14. The van der Waals surface area contributed by atoms with E-state index in [-0.39, 0.29) is 6.10 Å². The second-order valence-corrected chi connectivity index (χ2v) is 7.47. The fraction of sp³-hybridized carbons (Fsp3) is 0.308. The van der Waals surface area contributed by atoms with Gasteiger partial charge in [0.05, 0.1) is 13.7 Å². The summed E-state index contributed by atoms with van der Waals surface area (Å²) in [6.07, 6.45) is 0.979. The molecule has 0 heterocycles. The molecule has 0 N–H and O–H groups in total. The zero-order valence-electron chi connectivity index (χ0n) is 17.7. The minimum Gasteiger partial charge on any atom is -0.497 e. The van der Waals surface area contributed by atoms with E-state index in [1.165, 1.54) is 22.3 Å². The van der Waals surface area contributed by atoms with Gasteiger partial charge in [0, 0.05) is 13.1 Å². The molecule has 0 amide bonds. The average Bonchev–Trinajstić information content (AvgIpc) is 2.77. The van der Waals surface area contributed by atoms with E-state index in [2.05, 4.69) is 79.5 Å². The summed E-state index contributed by atoms with van der Waals surface area (Å²) >= 11 is 0. The molecule has 0 aromatic heterocycles. The van der Waals surface area contributed by atoms with Gasteiger partial charge in [-0.3, -0.25) is 0 Å². The molecule has 0 saturated heterocycles. The zero-order chi connectivity index (χ0) is 20.5. The number of aryl methyl sites for hydroxylation is 1. The van der Waals surface area contributed by atoms with Gasteiger partial charge in [-0.15, -0.1) is 0 Å². The first-order valence-electron chi connectivity index (χ1n) is 10.2. The van der Waals surface area contributed by atoms with Gasteiger partial charge in [-0.25, -0.2) is 0 Å². The van der Waals surface area contributed by atoms with Crippen molar-refractivity contribution in [1.29, 1.82) is 0 Å². The Kier molecular flexibility index (Phi) is 7.85. The number of hydrogen-bond donors (Lipinski definition) is 0. The Bertz CT molecular complexity index is 844. The molecule has 3 nitrogen and oxygen atoms in total. The number of hydrogen-bond acceptors (Lipinski definition) is 3. The van der Waals surface area contributed by atoms with Crippen molar-refractivity contribution in [2.75, 3.05) is 33.9 Å². The maximum absolute atomic E-state index is 6.35. The van der Waals surface area contributed by atoms with E-state index in [4.69, 9.17) is 9.47 Å². The van der Waals surface area contributed by atoms with Gasteiger partial charge in [-0.05, 0) is 49.2 Å². The number of benzene rings is 3. The molecule has 1 atom stereocenters. The first kappa shape index (κ1) is 21.1. The zero-order valence-corrected chi connectivity index (χ0v) is 17.7. The summed E-state index contributed by atoms with van der Waals surface area (Å²) in [4.78, 5) is 2.32. The van der Waals surface area contributed by atoms with Gasteiger partial charge in [0.1, 0.15) is 11.9 Å². The van der Waals surface area contributed by atoms with E-state index in [0.29, 0.717) is 6.61 Å². The molecule has 0 spiro atoms. The predicted octanol–water partition coefficient (Wildman–Crippen LogP) is 5.28. The third-order valence-electron chi connectivity index (χ3n) is 5.18. The summed E-state index contributed by atoms with van der Waals surface area (Å²) in [6, 6.07) is 27.4. The van der Waals surface area contributed by atoms with Gasteiger partial charge >= 0.3 is 0 Å². The number of rotatable bonds is 10. The molecule has 3 aromatic carbocycles. The highest BCUT2D eigenvalue weighted by atomic mass is 16.5. The van der Waals surface area contributed by atoms with Crippen LogP contribution in [0.1, 0.15) is 28.4 Å². The molecule has 0 fully saturated rings. The molecule has 152 valence electrons. The van der Waals surface area contributed by atoms with Crippen molar-refractivity contribution >= 4 is 0 Å². The van der Waals surface area contributed by atoms with Crippen LogP contribution >= 0.6 is 0 Å². The molecule has 3 heteroatoms. The van der Waals surface area contributed by atoms with E-state index >= 15 is 0 Å². The molecular formula is C26H31NO2. The SMILES string of the molecule is COc1ccc(CCN(C)CCOC(c2ccccc2)c2ccc(C)cc2)cc1. The van der Waals surface area contributed by atoms with Crippen LogP contribution in [0.3, 0.4) is 0 Å². The largest absolute Gasteiger partial charge is 0.497 e.